The fourth-order valence-corrected chi connectivity index (χ4v) is 2.05. The van der Waals surface area contributed by atoms with E-state index in [2.05, 4.69) is 0 Å². The molecule has 1 rings (SSSR count). The smallest absolute Gasteiger partial charge is 0.339 e. The van der Waals surface area contributed by atoms with Gasteiger partial charge in [0.2, 0.25) is 0 Å². The number of carbonyl (C=O) groups is 2. The molecule has 110 valence electrons. The van der Waals surface area contributed by atoms with Gasteiger partial charge in [-0.3, -0.25) is 0 Å². The van der Waals surface area contributed by atoms with Crippen molar-refractivity contribution in [3.63, 3.8) is 0 Å². The van der Waals surface area contributed by atoms with E-state index in [0.717, 1.165) is 30.4 Å². The van der Waals surface area contributed by atoms with E-state index in [-0.39, 0.29) is 17.2 Å². The minimum absolute atomic E-state index is 0.00412. The molecule has 0 heterocycles. The summed E-state index contributed by atoms with van der Waals surface area (Å²) in [5.74, 6) is -1.66. The van der Waals surface area contributed by atoms with E-state index in [4.69, 9.17) is 4.74 Å². The van der Waals surface area contributed by atoms with Crippen molar-refractivity contribution in [3.8, 4) is 0 Å². The van der Waals surface area contributed by atoms with Crippen LogP contribution in [0.3, 0.4) is 0 Å². The zero-order chi connectivity index (χ0) is 15.3. The van der Waals surface area contributed by atoms with Crippen molar-refractivity contribution in [1.29, 1.82) is 0 Å². The van der Waals surface area contributed by atoms with Gasteiger partial charge in [-0.2, -0.15) is 0 Å². The molecule has 4 heteroatoms. The third kappa shape index (κ3) is 3.83. The van der Waals surface area contributed by atoms with Crippen LogP contribution in [0.1, 0.15) is 65.0 Å². The molecule has 0 fully saturated rings. The Morgan fingerprint density at radius 2 is 1.70 bits per heavy atom. The van der Waals surface area contributed by atoms with Crippen LogP contribution in [0.25, 0.3) is 0 Å². The Bertz CT molecular complexity index is 505. The predicted molar refractivity (Wildman–Crippen MR) is 77.3 cm³/mol. The summed E-state index contributed by atoms with van der Waals surface area (Å²) in [5.41, 5.74) is 1.87. The largest absolute Gasteiger partial charge is 0.478 e. The molecule has 0 aliphatic carbocycles. The van der Waals surface area contributed by atoms with Crippen molar-refractivity contribution >= 4 is 11.9 Å². The van der Waals surface area contributed by atoms with Crippen molar-refractivity contribution in [3.05, 3.63) is 34.4 Å². The SMILES string of the molecule is CCCC(CC)OC(=O)c1cc(C)c(C)cc1C(=O)O. The van der Waals surface area contributed by atoms with E-state index >= 15 is 0 Å². The molecule has 0 aromatic heterocycles. The lowest BCUT2D eigenvalue weighted by Crippen LogP contribution is -2.20. The van der Waals surface area contributed by atoms with Crippen molar-refractivity contribution in [2.24, 2.45) is 0 Å². The van der Waals surface area contributed by atoms with E-state index in [1.807, 2.05) is 27.7 Å². The summed E-state index contributed by atoms with van der Waals surface area (Å²) < 4.78 is 5.41. The fraction of sp³-hybridized carbons (Fsp3) is 0.500. The number of benzene rings is 1. The van der Waals surface area contributed by atoms with Gasteiger partial charge < -0.3 is 9.84 Å². The van der Waals surface area contributed by atoms with Crippen LogP contribution in [0.15, 0.2) is 12.1 Å². The Balaban J connectivity index is 3.08. The highest BCUT2D eigenvalue weighted by Crippen LogP contribution is 2.19. The second kappa shape index (κ2) is 7.08. The summed E-state index contributed by atoms with van der Waals surface area (Å²) in [7, 11) is 0. The Hall–Kier alpha value is -1.84. The molecule has 0 aliphatic heterocycles. The van der Waals surface area contributed by atoms with Crippen LogP contribution >= 0.6 is 0 Å². The van der Waals surface area contributed by atoms with Gasteiger partial charge in [0, 0.05) is 0 Å². The van der Waals surface area contributed by atoms with Gasteiger partial charge in [0.1, 0.15) is 6.10 Å². The van der Waals surface area contributed by atoms with Gasteiger partial charge in [0.25, 0.3) is 0 Å². The number of hydrogen-bond acceptors (Lipinski definition) is 3. The first kappa shape index (κ1) is 16.2. The van der Waals surface area contributed by atoms with Gasteiger partial charge in [-0.25, -0.2) is 9.59 Å². The summed E-state index contributed by atoms with van der Waals surface area (Å²) in [6.45, 7) is 7.64. The van der Waals surface area contributed by atoms with E-state index in [0.29, 0.717) is 0 Å². The topological polar surface area (TPSA) is 63.6 Å². The van der Waals surface area contributed by atoms with Crippen LogP contribution in [0.4, 0.5) is 0 Å². The minimum atomic E-state index is -1.11. The first-order chi connectivity index (χ1) is 9.40. The normalized spacial score (nSPS) is 12.0. The molecule has 0 saturated heterocycles. The molecule has 0 aliphatic rings. The number of hydrogen-bond donors (Lipinski definition) is 1. The molecule has 1 aromatic rings. The van der Waals surface area contributed by atoms with Crippen LogP contribution in [-0.2, 0) is 4.74 Å². The van der Waals surface area contributed by atoms with Crippen LogP contribution in [-0.4, -0.2) is 23.1 Å². The van der Waals surface area contributed by atoms with Crippen molar-refractivity contribution < 1.29 is 19.4 Å². The quantitative estimate of drug-likeness (QED) is 0.805. The standard InChI is InChI=1S/C16H22O4/c1-5-7-12(6-2)20-16(19)14-9-11(4)10(3)8-13(14)15(17)18/h8-9,12H,5-7H2,1-4H3,(H,17,18). The van der Waals surface area contributed by atoms with Crippen molar-refractivity contribution in [1.82, 2.24) is 0 Å². The van der Waals surface area contributed by atoms with Crippen molar-refractivity contribution in [2.75, 3.05) is 0 Å². The van der Waals surface area contributed by atoms with E-state index < -0.39 is 11.9 Å². The van der Waals surface area contributed by atoms with Gasteiger partial charge in [-0.05, 0) is 49.9 Å². The maximum atomic E-state index is 12.2. The van der Waals surface area contributed by atoms with Crippen LogP contribution in [0.2, 0.25) is 0 Å². The van der Waals surface area contributed by atoms with Gasteiger partial charge in [-0.15, -0.1) is 0 Å². The number of rotatable bonds is 6. The maximum absolute atomic E-state index is 12.2. The highest BCUT2D eigenvalue weighted by Gasteiger charge is 2.21. The minimum Gasteiger partial charge on any atom is -0.478 e. The fourth-order valence-electron chi connectivity index (χ4n) is 2.05. The molecule has 1 N–H and O–H groups in total. The third-order valence-electron chi connectivity index (χ3n) is 3.42. The molecule has 4 nitrogen and oxygen atoms in total. The highest BCUT2D eigenvalue weighted by atomic mass is 16.5. The second-order valence-corrected chi connectivity index (χ2v) is 5.01. The van der Waals surface area contributed by atoms with E-state index in [1.165, 1.54) is 6.07 Å². The van der Waals surface area contributed by atoms with Gasteiger partial charge in [0.15, 0.2) is 0 Å². The first-order valence-electron chi connectivity index (χ1n) is 6.96. The molecule has 1 unspecified atom stereocenters. The van der Waals surface area contributed by atoms with E-state index in [9.17, 15) is 14.7 Å². The molecule has 0 radical (unpaired) electrons. The van der Waals surface area contributed by atoms with Gasteiger partial charge in [0.05, 0.1) is 11.1 Å². The highest BCUT2D eigenvalue weighted by molar-refractivity contribution is 6.02. The number of aromatic carboxylic acids is 1. The van der Waals surface area contributed by atoms with Gasteiger partial charge in [-0.1, -0.05) is 20.3 Å². The number of carbonyl (C=O) groups excluding carboxylic acids is 1. The van der Waals surface area contributed by atoms with Crippen LogP contribution in [0, 0.1) is 13.8 Å². The number of carboxylic acids is 1. The monoisotopic (exact) mass is 278 g/mol. The summed E-state index contributed by atoms with van der Waals surface area (Å²) in [4.78, 5) is 23.5. The molecule has 1 atom stereocenters. The Labute approximate surface area is 119 Å². The Kier molecular flexibility index (Phi) is 5.74. The second-order valence-electron chi connectivity index (χ2n) is 5.01. The number of esters is 1. The average Bonchev–Trinajstić information content (AvgIpc) is 2.40. The maximum Gasteiger partial charge on any atom is 0.339 e. The summed E-state index contributed by atoms with van der Waals surface area (Å²) in [5, 5.41) is 9.22. The van der Waals surface area contributed by atoms with Crippen LogP contribution in [0.5, 0.6) is 0 Å². The lowest BCUT2D eigenvalue weighted by Gasteiger charge is -2.16. The molecular formula is C16H22O4. The molecule has 0 spiro atoms. The summed E-state index contributed by atoms with van der Waals surface area (Å²) >= 11 is 0. The van der Waals surface area contributed by atoms with Crippen molar-refractivity contribution in [2.45, 2.75) is 53.1 Å². The molecular weight excluding hydrogens is 256 g/mol. The zero-order valence-electron chi connectivity index (χ0n) is 12.5. The number of carboxylic acid groups (broad SMARTS) is 1. The average molecular weight is 278 g/mol. The predicted octanol–water partition coefficient (Wildman–Crippen LogP) is 3.74. The van der Waals surface area contributed by atoms with Gasteiger partial charge >= 0.3 is 11.9 Å². The molecule has 0 amide bonds. The molecule has 0 bridgehead atoms. The van der Waals surface area contributed by atoms with Crippen LogP contribution < -0.4 is 0 Å². The molecule has 1 aromatic carbocycles. The Morgan fingerprint density at radius 1 is 1.15 bits per heavy atom. The van der Waals surface area contributed by atoms with E-state index in [1.54, 1.807) is 6.07 Å². The zero-order valence-corrected chi connectivity index (χ0v) is 12.5. The number of ether oxygens (including phenoxy) is 1. The lowest BCUT2D eigenvalue weighted by atomic mass is 10.00. The summed E-state index contributed by atoms with van der Waals surface area (Å²) in [6, 6.07) is 3.12. The summed E-state index contributed by atoms with van der Waals surface area (Å²) in [6.07, 6.45) is 2.28. The first-order valence-corrected chi connectivity index (χ1v) is 6.96. The number of aryl methyl sites for hydroxylation is 2. The third-order valence-corrected chi connectivity index (χ3v) is 3.42. The Morgan fingerprint density at radius 3 is 2.15 bits per heavy atom. The lowest BCUT2D eigenvalue weighted by molar-refractivity contribution is 0.0266. The molecule has 0 saturated carbocycles. The molecule has 20 heavy (non-hydrogen) atoms.